The zero-order chi connectivity index (χ0) is 26.1. The lowest BCUT2D eigenvalue weighted by Crippen LogP contribution is -2.49. The summed E-state index contributed by atoms with van der Waals surface area (Å²) in [4.78, 5) is 51.0. The zero-order valence-electron chi connectivity index (χ0n) is 20.5. The predicted octanol–water partition coefficient (Wildman–Crippen LogP) is 3.31. The maximum absolute atomic E-state index is 13.5. The maximum atomic E-state index is 13.5. The topological polar surface area (TPSA) is 89.1 Å². The minimum atomic E-state index is -0.678. The second-order valence-electron chi connectivity index (χ2n) is 9.19. The molecule has 0 radical (unpaired) electrons. The van der Waals surface area contributed by atoms with Gasteiger partial charge in [-0.15, -0.1) is 0 Å². The van der Waals surface area contributed by atoms with Gasteiger partial charge in [-0.3, -0.25) is 14.5 Å². The van der Waals surface area contributed by atoms with Crippen molar-refractivity contribution in [1.82, 2.24) is 25.0 Å². The Bertz CT molecular complexity index is 1250. The van der Waals surface area contributed by atoms with E-state index in [1.54, 1.807) is 34.2 Å². The molecular formula is C26H28Cl2N6O3. The molecule has 3 aliphatic rings. The second-order valence-corrected chi connectivity index (χ2v) is 10.0. The van der Waals surface area contributed by atoms with Crippen LogP contribution in [0.4, 0.5) is 10.6 Å². The third kappa shape index (κ3) is 4.98. The van der Waals surface area contributed by atoms with Crippen LogP contribution in [0.2, 0.25) is 10.0 Å². The van der Waals surface area contributed by atoms with E-state index in [1.165, 1.54) is 0 Å². The van der Waals surface area contributed by atoms with Crippen LogP contribution in [0.5, 0.6) is 0 Å². The Hall–Kier alpha value is -3.30. The van der Waals surface area contributed by atoms with E-state index in [0.29, 0.717) is 59.6 Å². The minimum absolute atomic E-state index is 0.0113. The molecule has 4 amide bonds. The number of pyridine rings is 1. The van der Waals surface area contributed by atoms with Gasteiger partial charge in [0.2, 0.25) is 5.91 Å². The standard InChI is InChI=1S/C26H28Cl2N6O3/c1-2-34-20-16-33(10-8-22(35)32-13-11-31(12-14-32)21-5-3-4-9-29-21)25(36)23(20)24(30-26(34)37)18-7-6-17(27)15-19(18)28/h3-7,9,15,24H,2,8,10-14,16H2,1H3,(H,30,37)/t24-/m0/s1. The summed E-state index contributed by atoms with van der Waals surface area (Å²) >= 11 is 12.5. The lowest BCUT2D eigenvalue weighted by atomic mass is 9.95. The fraction of sp³-hybridized carbons (Fsp3) is 0.385. The van der Waals surface area contributed by atoms with Gasteiger partial charge in [0.1, 0.15) is 5.82 Å². The average Bonchev–Trinajstić information content (AvgIpc) is 3.23. The Morgan fingerprint density at radius 1 is 1.11 bits per heavy atom. The quantitative estimate of drug-likeness (QED) is 0.604. The van der Waals surface area contributed by atoms with Gasteiger partial charge in [-0.2, -0.15) is 0 Å². The van der Waals surface area contributed by atoms with E-state index in [2.05, 4.69) is 15.2 Å². The van der Waals surface area contributed by atoms with Crippen LogP contribution in [-0.4, -0.2) is 83.3 Å². The lowest BCUT2D eigenvalue weighted by Gasteiger charge is -2.35. The van der Waals surface area contributed by atoms with Crippen molar-refractivity contribution in [3.63, 3.8) is 0 Å². The molecule has 1 atom stereocenters. The predicted molar refractivity (Wildman–Crippen MR) is 141 cm³/mol. The summed E-state index contributed by atoms with van der Waals surface area (Å²) in [7, 11) is 0. The molecule has 1 aromatic carbocycles. The number of rotatable bonds is 6. The number of urea groups is 1. The molecule has 1 fully saturated rings. The van der Waals surface area contributed by atoms with Crippen molar-refractivity contribution in [2.75, 3.05) is 50.7 Å². The number of aromatic nitrogens is 1. The molecule has 9 nitrogen and oxygen atoms in total. The number of amides is 4. The lowest BCUT2D eigenvalue weighted by molar-refractivity contribution is -0.132. The van der Waals surface area contributed by atoms with Crippen molar-refractivity contribution in [2.24, 2.45) is 0 Å². The van der Waals surface area contributed by atoms with Crippen LogP contribution in [0.3, 0.4) is 0 Å². The number of nitrogens with zero attached hydrogens (tertiary/aromatic N) is 5. The number of hydrogen-bond donors (Lipinski definition) is 1. The van der Waals surface area contributed by atoms with Crippen LogP contribution in [0.1, 0.15) is 24.9 Å². The fourth-order valence-corrected chi connectivity index (χ4v) is 5.66. The van der Waals surface area contributed by atoms with Gasteiger partial charge >= 0.3 is 6.03 Å². The summed E-state index contributed by atoms with van der Waals surface area (Å²) in [5.74, 6) is 0.724. The summed E-state index contributed by atoms with van der Waals surface area (Å²) in [6, 6.07) is 9.85. The highest BCUT2D eigenvalue weighted by Gasteiger charge is 2.44. The summed E-state index contributed by atoms with van der Waals surface area (Å²) in [5, 5.41) is 3.77. The monoisotopic (exact) mass is 542 g/mol. The average molecular weight is 543 g/mol. The normalized spacial score (nSPS) is 19.9. The number of hydrogen-bond acceptors (Lipinski definition) is 5. The number of likely N-dealkylation sites (N-methyl/N-ethyl adjacent to an activating group) is 1. The maximum Gasteiger partial charge on any atom is 0.322 e. The first-order chi connectivity index (χ1) is 17.9. The summed E-state index contributed by atoms with van der Waals surface area (Å²) in [5.41, 5.74) is 1.76. The van der Waals surface area contributed by atoms with E-state index in [0.717, 1.165) is 5.82 Å². The van der Waals surface area contributed by atoms with Gasteiger partial charge in [0.05, 0.1) is 23.9 Å². The summed E-state index contributed by atoms with van der Waals surface area (Å²) in [6.07, 6.45) is 1.98. The SMILES string of the molecule is CCN1C(=O)N[C@@H](c2ccc(Cl)cc2Cl)C2=C1CN(CCC(=O)N1CCN(c3ccccn3)CC1)C2=O. The molecule has 5 rings (SSSR count). The molecule has 37 heavy (non-hydrogen) atoms. The van der Waals surface area contributed by atoms with Crippen LogP contribution in [0.25, 0.3) is 0 Å². The van der Waals surface area contributed by atoms with Gasteiger partial charge in [0.25, 0.3) is 5.91 Å². The molecule has 1 aromatic heterocycles. The Labute approximate surface area is 225 Å². The molecule has 194 valence electrons. The van der Waals surface area contributed by atoms with Crippen molar-refractivity contribution < 1.29 is 14.4 Å². The van der Waals surface area contributed by atoms with Gasteiger partial charge in [0.15, 0.2) is 0 Å². The highest BCUT2D eigenvalue weighted by molar-refractivity contribution is 6.35. The molecular weight excluding hydrogens is 515 g/mol. The van der Waals surface area contributed by atoms with Crippen LogP contribution in [0, 0.1) is 0 Å². The van der Waals surface area contributed by atoms with Crippen LogP contribution in [0.15, 0.2) is 53.9 Å². The third-order valence-electron chi connectivity index (χ3n) is 7.09. The van der Waals surface area contributed by atoms with E-state index in [-0.39, 0.29) is 37.4 Å². The van der Waals surface area contributed by atoms with E-state index in [4.69, 9.17) is 23.2 Å². The van der Waals surface area contributed by atoms with Crippen molar-refractivity contribution in [3.05, 3.63) is 69.5 Å². The van der Waals surface area contributed by atoms with E-state index < -0.39 is 6.04 Å². The molecule has 2 aromatic rings. The summed E-state index contributed by atoms with van der Waals surface area (Å²) < 4.78 is 0. The zero-order valence-corrected chi connectivity index (χ0v) is 22.0. The van der Waals surface area contributed by atoms with E-state index >= 15 is 0 Å². The Morgan fingerprint density at radius 2 is 1.89 bits per heavy atom. The van der Waals surface area contributed by atoms with Crippen molar-refractivity contribution >= 4 is 46.9 Å². The molecule has 0 spiro atoms. The summed E-state index contributed by atoms with van der Waals surface area (Å²) in [6.45, 7) is 5.48. The first kappa shape index (κ1) is 25.4. The Morgan fingerprint density at radius 3 is 2.57 bits per heavy atom. The Balaban J connectivity index is 1.25. The van der Waals surface area contributed by atoms with E-state index in [9.17, 15) is 14.4 Å². The molecule has 1 N–H and O–H groups in total. The number of carbonyl (C=O) groups excluding carboxylic acids is 3. The van der Waals surface area contributed by atoms with E-state index in [1.807, 2.05) is 30.0 Å². The molecule has 4 heterocycles. The number of benzene rings is 1. The van der Waals surface area contributed by atoms with Crippen molar-refractivity contribution in [2.45, 2.75) is 19.4 Å². The van der Waals surface area contributed by atoms with Crippen LogP contribution < -0.4 is 10.2 Å². The number of anilines is 1. The number of carbonyl (C=O) groups is 3. The number of nitrogens with one attached hydrogen (secondary N) is 1. The highest BCUT2D eigenvalue weighted by Crippen LogP contribution is 2.39. The number of halogens is 2. The van der Waals surface area contributed by atoms with Crippen molar-refractivity contribution in [1.29, 1.82) is 0 Å². The molecule has 11 heteroatoms. The fourth-order valence-electron chi connectivity index (χ4n) is 5.15. The first-order valence-electron chi connectivity index (χ1n) is 12.4. The van der Waals surface area contributed by atoms with Crippen LogP contribution in [-0.2, 0) is 9.59 Å². The molecule has 0 bridgehead atoms. The molecule has 0 aliphatic carbocycles. The van der Waals surface area contributed by atoms with Crippen LogP contribution >= 0.6 is 23.2 Å². The number of piperazine rings is 1. The second kappa shape index (κ2) is 10.6. The smallest absolute Gasteiger partial charge is 0.322 e. The third-order valence-corrected chi connectivity index (χ3v) is 7.65. The largest absolute Gasteiger partial charge is 0.353 e. The molecule has 0 unspecified atom stereocenters. The van der Waals surface area contributed by atoms with Gasteiger partial charge in [-0.05, 0) is 36.8 Å². The van der Waals surface area contributed by atoms with Gasteiger partial charge < -0.3 is 20.0 Å². The molecule has 3 aliphatic heterocycles. The first-order valence-corrected chi connectivity index (χ1v) is 13.1. The van der Waals surface area contributed by atoms with Crippen molar-refractivity contribution in [3.8, 4) is 0 Å². The molecule has 0 saturated carbocycles. The Kier molecular flexibility index (Phi) is 7.26. The van der Waals surface area contributed by atoms with Gasteiger partial charge in [-0.25, -0.2) is 9.78 Å². The molecule has 1 saturated heterocycles. The highest BCUT2D eigenvalue weighted by atomic mass is 35.5. The van der Waals surface area contributed by atoms with Gasteiger partial charge in [0, 0.05) is 61.9 Å². The van der Waals surface area contributed by atoms with Gasteiger partial charge in [-0.1, -0.05) is 35.3 Å². The minimum Gasteiger partial charge on any atom is -0.353 e.